The van der Waals surface area contributed by atoms with Crippen LogP contribution >= 0.6 is 24.8 Å². The Morgan fingerprint density at radius 2 is 1.29 bits per heavy atom. The normalized spacial score (nSPS) is 15.0. The maximum absolute atomic E-state index is 5.75. The Morgan fingerprint density at radius 3 is 1.67 bits per heavy atom. The van der Waals surface area contributed by atoms with Crippen molar-refractivity contribution in [3.05, 3.63) is 71.8 Å². The molecule has 0 atom stereocenters. The van der Waals surface area contributed by atoms with Crippen LogP contribution in [0.15, 0.2) is 60.7 Å². The van der Waals surface area contributed by atoms with Crippen LogP contribution in [0, 0.1) is 5.92 Å². The van der Waals surface area contributed by atoms with Gasteiger partial charge in [0, 0.05) is 13.1 Å². The molecule has 1 heterocycles. The summed E-state index contributed by atoms with van der Waals surface area (Å²) in [6.45, 7) is 3.00. The molecular formula is C17H22Cl2N2. The second-order valence-corrected chi connectivity index (χ2v) is 5.28. The zero-order valence-corrected chi connectivity index (χ0v) is 13.5. The smallest absolute Gasteiger partial charge is 0.0602 e. The fourth-order valence-corrected chi connectivity index (χ4v) is 2.85. The van der Waals surface area contributed by atoms with E-state index in [1.165, 1.54) is 11.1 Å². The summed E-state index contributed by atoms with van der Waals surface area (Å²) in [6, 6.07) is 21.8. The maximum atomic E-state index is 5.75. The SMILES string of the molecule is Cl.Cl.NCC1CN(C(c2ccccc2)c2ccccc2)C1. The minimum atomic E-state index is 0. The van der Waals surface area contributed by atoms with E-state index in [-0.39, 0.29) is 24.8 Å². The van der Waals surface area contributed by atoms with Crippen molar-refractivity contribution in [2.75, 3.05) is 19.6 Å². The van der Waals surface area contributed by atoms with E-state index in [1.807, 2.05) is 0 Å². The lowest BCUT2D eigenvalue weighted by Gasteiger charge is -2.44. The fraction of sp³-hybridized carbons (Fsp3) is 0.294. The van der Waals surface area contributed by atoms with Crippen molar-refractivity contribution in [2.24, 2.45) is 11.7 Å². The molecule has 2 N–H and O–H groups in total. The lowest BCUT2D eigenvalue weighted by molar-refractivity contribution is 0.0737. The molecule has 2 aromatic rings. The Bertz CT molecular complexity index is 473. The molecule has 2 nitrogen and oxygen atoms in total. The number of hydrogen-bond acceptors (Lipinski definition) is 2. The Labute approximate surface area is 139 Å². The van der Waals surface area contributed by atoms with E-state index in [1.54, 1.807) is 0 Å². The standard InChI is InChI=1S/C17H20N2.2ClH/c18-11-14-12-19(13-14)17(15-7-3-1-4-8-15)16-9-5-2-6-10-16;;/h1-10,14,17H,11-13,18H2;2*1H. The predicted octanol–water partition coefficient (Wildman–Crippen LogP) is 3.51. The molecule has 0 saturated carbocycles. The van der Waals surface area contributed by atoms with Crippen molar-refractivity contribution in [3.8, 4) is 0 Å². The lowest BCUT2D eigenvalue weighted by atomic mass is 9.90. The first kappa shape index (κ1) is 18.0. The lowest BCUT2D eigenvalue weighted by Crippen LogP contribution is -2.51. The van der Waals surface area contributed by atoms with Crippen LogP contribution in [0.1, 0.15) is 17.2 Å². The van der Waals surface area contributed by atoms with E-state index in [0.29, 0.717) is 12.0 Å². The first-order valence-electron chi connectivity index (χ1n) is 6.92. The predicted molar refractivity (Wildman–Crippen MR) is 93.3 cm³/mol. The minimum Gasteiger partial charge on any atom is -0.330 e. The van der Waals surface area contributed by atoms with E-state index in [2.05, 4.69) is 65.6 Å². The first-order valence-corrected chi connectivity index (χ1v) is 6.92. The Balaban J connectivity index is 0.00000110. The summed E-state index contributed by atoms with van der Waals surface area (Å²) >= 11 is 0. The molecule has 114 valence electrons. The van der Waals surface area contributed by atoms with Crippen LogP contribution in [0.3, 0.4) is 0 Å². The van der Waals surface area contributed by atoms with Crippen LogP contribution in [0.25, 0.3) is 0 Å². The molecular weight excluding hydrogens is 303 g/mol. The molecule has 0 bridgehead atoms. The summed E-state index contributed by atoms with van der Waals surface area (Å²) in [7, 11) is 0. The van der Waals surface area contributed by atoms with Gasteiger partial charge in [-0.3, -0.25) is 4.90 Å². The van der Waals surface area contributed by atoms with Gasteiger partial charge in [0.25, 0.3) is 0 Å². The van der Waals surface area contributed by atoms with E-state index in [9.17, 15) is 0 Å². The van der Waals surface area contributed by atoms with Gasteiger partial charge in [-0.25, -0.2) is 0 Å². The van der Waals surface area contributed by atoms with Crippen LogP contribution in [0.4, 0.5) is 0 Å². The second kappa shape index (κ2) is 8.40. The molecule has 1 saturated heterocycles. The van der Waals surface area contributed by atoms with Gasteiger partial charge in [-0.2, -0.15) is 0 Å². The summed E-state index contributed by atoms with van der Waals surface area (Å²) in [5.74, 6) is 0.662. The topological polar surface area (TPSA) is 29.3 Å². The largest absolute Gasteiger partial charge is 0.330 e. The zero-order chi connectivity index (χ0) is 13.1. The van der Waals surface area contributed by atoms with Crippen molar-refractivity contribution in [1.29, 1.82) is 0 Å². The zero-order valence-electron chi connectivity index (χ0n) is 11.9. The van der Waals surface area contributed by atoms with Crippen molar-refractivity contribution in [2.45, 2.75) is 6.04 Å². The Hall–Kier alpha value is -1.06. The van der Waals surface area contributed by atoms with Crippen LogP contribution in [-0.4, -0.2) is 24.5 Å². The third kappa shape index (κ3) is 3.98. The van der Waals surface area contributed by atoms with Crippen molar-refractivity contribution >= 4 is 24.8 Å². The quantitative estimate of drug-likeness (QED) is 0.932. The molecule has 0 spiro atoms. The maximum Gasteiger partial charge on any atom is 0.0602 e. The number of rotatable bonds is 4. The van der Waals surface area contributed by atoms with Crippen LogP contribution in [-0.2, 0) is 0 Å². The minimum absolute atomic E-state index is 0. The summed E-state index contributed by atoms with van der Waals surface area (Å²) in [5, 5.41) is 0. The molecule has 2 aromatic carbocycles. The number of hydrogen-bond donors (Lipinski definition) is 1. The molecule has 3 rings (SSSR count). The van der Waals surface area contributed by atoms with E-state index in [4.69, 9.17) is 5.73 Å². The van der Waals surface area contributed by atoms with Gasteiger partial charge in [0.05, 0.1) is 6.04 Å². The highest BCUT2D eigenvalue weighted by Crippen LogP contribution is 2.33. The van der Waals surface area contributed by atoms with Gasteiger partial charge in [0.15, 0.2) is 0 Å². The van der Waals surface area contributed by atoms with E-state index < -0.39 is 0 Å². The molecule has 0 aromatic heterocycles. The molecule has 1 aliphatic heterocycles. The molecule has 1 aliphatic rings. The number of nitrogens with two attached hydrogens (primary N) is 1. The van der Waals surface area contributed by atoms with Crippen LogP contribution in [0.5, 0.6) is 0 Å². The molecule has 21 heavy (non-hydrogen) atoms. The number of halogens is 2. The summed E-state index contributed by atoms with van der Waals surface area (Å²) in [5.41, 5.74) is 8.48. The Morgan fingerprint density at radius 1 is 0.857 bits per heavy atom. The average molecular weight is 325 g/mol. The van der Waals surface area contributed by atoms with Gasteiger partial charge in [0.2, 0.25) is 0 Å². The number of likely N-dealkylation sites (tertiary alicyclic amines) is 1. The van der Waals surface area contributed by atoms with E-state index in [0.717, 1.165) is 19.6 Å². The highest BCUT2D eigenvalue weighted by Gasteiger charge is 2.32. The first-order chi connectivity index (χ1) is 9.38. The van der Waals surface area contributed by atoms with Gasteiger partial charge < -0.3 is 5.73 Å². The van der Waals surface area contributed by atoms with Gasteiger partial charge >= 0.3 is 0 Å². The molecule has 0 unspecified atom stereocenters. The fourth-order valence-electron chi connectivity index (χ4n) is 2.85. The highest BCUT2D eigenvalue weighted by atomic mass is 35.5. The third-order valence-electron chi connectivity index (χ3n) is 3.91. The van der Waals surface area contributed by atoms with Crippen LogP contribution in [0.2, 0.25) is 0 Å². The number of nitrogens with zero attached hydrogens (tertiary/aromatic N) is 1. The number of benzene rings is 2. The second-order valence-electron chi connectivity index (χ2n) is 5.28. The highest BCUT2D eigenvalue weighted by molar-refractivity contribution is 5.85. The van der Waals surface area contributed by atoms with Crippen molar-refractivity contribution < 1.29 is 0 Å². The average Bonchev–Trinajstić information content (AvgIpc) is 2.44. The van der Waals surface area contributed by atoms with Crippen LogP contribution < -0.4 is 5.73 Å². The van der Waals surface area contributed by atoms with Gasteiger partial charge in [-0.05, 0) is 23.6 Å². The van der Waals surface area contributed by atoms with Crippen molar-refractivity contribution in [3.63, 3.8) is 0 Å². The molecule has 0 amide bonds. The summed E-state index contributed by atoms with van der Waals surface area (Å²) < 4.78 is 0. The van der Waals surface area contributed by atoms with Gasteiger partial charge in [-0.15, -0.1) is 24.8 Å². The third-order valence-corrected chi connectivity index (χ3v) is 3.91. The molecule has 1 fully saturated rings. The summed E-state index contributed by atoms with van der Waals surface area (Å²) in [4.78, 5) is 2.52. The van der Waals surface area contributed by atoms with Crippen molar-refractivity contribution in [1.82, 2.24) is 4.90 Å². The summed E-state index contributed by atoms with van der Waals surface area (Å²) in [6.07, 6.45) is 0. The van der Waals surface area contributed by atoms with E-state index >= 15 is 0 Å². The Kier molecular flexibility index (Phi) is 7.20. The van der Waals surface area contributed by atoms with Gasteiger partial charge in [0.1, 0.15) is 0 Å². The van der Waals surface area contributed by atoms with Gasteiger partial charge in [-0.1, -0.05) is 60.7 Å². The molecule has 4 heteroatoms. The monoisotopic (exact) mass is 324 g/mol. The molecule has 0 radical (unpaired) electrons. The molecule has 0 aliphatic carbocycles.